The van der Waals surface area contributed by atoms with Crippen molar-refractivity contribution in [3.05, 3.63) is 0 Å². The zero-order valence-corrected chi connectivity index (χ0v) is 10.5. The fourth-order valence-corrected chi connectivity index (χ4v) is 0.990. The van der Waals surface area contributed by atoms with E-state index in [1.807, 2.05) is 20.8 Å². The molecule has 0 aromatic heterocycles. The molecule has 1 unspecified atom stereocenters. The van der Waals surface area contributed by atoms with Gasteiger partial charge in [-0.2, -0.15) is 0 Å². The first kappa shape index (κ1) is 15.8. The van der Waals surface area contributed by atoms with Gasteiger partial charge in [-0.1, -0.05) is 0 Å². The topological polar surface area (TPSA) is 71.0 Å². The largest absolute Gasteiger partial charge is 0.394 e. The SMILES string of the molecule is CCOCCOCC(O)CNC(C)(C)CO. The van der Waals surface area contributed by atoms with E-state index in [-0.39, 0.29) is 18.8 Å². The Morgan fingerprint density at radius 2 is 1.88 bits per heavy atom. The molecule has 98 valence electrons. The molecule has 0 aliphatic heterocycles. The van der Waals surface area contributed by atoms with Crippen molar-refractivity contribution < 1.29 is 19.7 Å². The lowest BCUT2D eigenvalue weighted by Crippen LogP contribution is -2.47. The van der Waals surface area contributed by atoms with Crippen LogP contribution in [0.5, 0.6) is 0 Å². The van der Waals surface area contributed by atoms with Crippen molar-refractivity contribution in [2.24, 2.45) is 0 Å². The van der Waals surface area contributed by atoms with Crippen molar-refractivity contribution in [3.8, 4) is 0 Å². The van der Waals surface area contributed by atoms with Gasteiger partial charge in [0.25, 0.3) is 0 Å². The lowest BCUT2D eigenvalue weighted by Gasteiger charge is -2.25. The van der Waals surface area contributed by atoms with Crippen LogP contribution in [0.25, 0.3) is 0 Å². The molecule has 0 fully saturated rings. The summed E-state index contributed by atoms with van der Waals surface area (Å²) in [7, 11) is 0. The van der Waals surface area contributed by atoms with Gasteiger partial charge in [-0.05, 0) is 20.8 Å². The van der Waals surface area contributed by atoms with E-state index < -0.39 is 6.10 Å². The summed E-state index contributed by atoms with van der Waals surface area (Å²) in [5.74, 6) is 0. The van der Waals surface area contributed by atoms with Crippen LogP contribution in [0.4, 0.5) is 0 Å². The summed E-state index contributed by atoms with van der Waals surface area (Å²) < 4.78 is 10.3. The number of aliphatic hydroxyl groups is 2. The molecule has 0 bridgehead atoms. The van der Waals surface area contributed by atoms with Gasteiger partial charge >= 0.3 is 0 Å². The third-order valence-electron chi connectivity index (χ3n) is 2.10. The highest BCUT2D eigenvalue weighted by Gasteiger charge is 2.16. The van der Waals surface area contributed by atoms with Crippen LogP contribution in [-0.2, 0) is 9.47 Å². The number of ether oxygens (including phenoxy) is 2. The van der Waals surface area contributed by atoms with Gasteiger partial charge in [0.2, 0.25) is 0 Å². The summed E-state index contributed by atoms with van der Waals surface area (Å²) in [5, 5.41) is 21.6. The molecular weight excluding hydrogens is 210 g/mol. The zero-order valence-electron chi connectivity index (χ0n) is 10.5. The molecule has 5 heteroatoms. The van der Waals surface area contributed by atoms with Crippen molar-refractivity contribution in [2.45, 2.75) is 32.4 Å². The Hall–Kier alpha value is -0.200. The minimum atomic E-state index is -0.563. The van der Waals surface area contributed by atoms with Crippen molar-refractivity contribution >= 4 is 0 Å². The number of hydrogen-bond acceptors (Lipinski definition) is 5. The Labute approximate surface area is 97.8 Å². The number of β-amino-alcohol motifs (C(OH)–C–C–N with tert-alkyl or cyclic N) is 1. The second-order valence-corrected chi connectivity index (χ2v) is 4.35. The quantitative estimate of drug-likeness (QED) is 0.456. The van der Waals surface area contributed by atoms with Crippen LogP contribution >= 0.6 is 0 Å². The molecule has 0 aliphatic rings. The molecule has 0 radical (unpaired) electrons. The van der Waals surface area contributed by atoms with Gasteiger partial charge in [0.15, 0.2) is 0 Å². The summed E-state index contributed by atoms with van der Waals surface area (Å²) in [6.45, 7) is 8.11. The van der Waals surface area contributed by atoms with Crippen LogP contribution in [0.2, 0.25) is 0 Å². The van der Waals surface area contributed by atoms with Gasteiger partial charge in [-0.15, -0.1) is 0 Å². The number of aliphatic hydroxyl groups excluding tert-OH is 2. The molecule has 0 aromatic carbocycles. The van der Waals surface area contributed by atoms with Crippen LogP contribution in [0.3, 0.4) is 0 Å². The fourth-order valence-electron chi connectivity index (χ4n) is 0.990. The molecule has 0 heterocycles. The molecule has 0 rings (SSSR count). The lowest BCUT2D eigenvalue weighted by atomic mass is 10.1. The molecule has 3 N–H and O–H groups in total. The highest BCUT2D eigenvalue weighted by atomic mass is 16.5. The van der Waals surface area contributed by atoms with Gasteiger partial charge in [0.05, 0.1) is 32.5 Å². The summed E-state index contributed by atoms with van der Waals surface area (Å²) in [6.07, 6.45) is -0.563. The van der Waals surface area contributed by atoms with Gasteiger partial charge < -0.3 is 25.0 Å². The van der Waals surface area contributed by atoms with E-state index >= 15 is 0 Å². The maximum atomic E-state index is 9.55. The van der Waals surface area contributed by atoms with E-state index in [1.54, 1.807) is 0 Å². The predicted octanol–water partition coefficient (Wildman–Crippen LogP) is -0.239. The lowest BCUT2D eigenvalue weighted by molar-refractivity contribution is 0.00346. The first-order valence-electron chi connectivity index (χ1n) is 5.71. The third kappa shape index (κ3) is 9.06. The van der Waals surface area contributed by atoms with Crippen LogP contribution in [0.1, 0.15) is 20.8 Å². The number of nitrogens with one attached hydrogen (secondary N) is 1. The Morgan fingerprint density at radius 1 is 1.25 bits per heavy atom. The first-order chi connectivity index (χ1) is 7.52. The summed E-state index contributed by atoms with van der Waals surface area (Å²) >= 11 is 0. The van der Waals surface area contributed by atoms with Gasteiger partial charge in [-0.3, -0.25) is 0 Å². The number of hydrogen-bond donors (Lipinski definition) is 3. The normalized spacial score (nSPS) is 14.1. The Bertz CT molecular complexity index is 164. The standard InChI is InChI=1S/C11H25NO4/c1-4-15-5-6-16-8-10(14)7-12-11(2,3)9-13/h10,12-14H,4-9H2,1-3H3. The molecule has 0 aromatic rings. The Balaban J connectivity index is 3.41. The van der Waals surface area contributed by atoms with Crippen molar-refractivity contribution in [3.63, 3.8) is 0 Å². The maximum Gasteiger partial charge on any atom is 0.0897 e. The molecule has 0 amide bonds. The molecule has 16 heavy (non-hydrogen) atoms. The molecular formula is C11H25NO4. The van der Waals surface area contributed by atoms with E-state index in [2.05, 4.69) is 5.32 Å². The summed E-state index contributed by atoms with van der Waals surface area (Å²) in [6, 6.07) is 0. The van der Waals surface area contributed by atoms with E-state index in [1.165, 1.54) is 0 Å². The molecule has 0 aliphatic carbocycles. The van der Waals surface area contributed by atoms with Gasteiger partial charge in [0.1, 0.15) is 0 Å². The molecule has 0 saturated heterocycles. The average Bonchev–Trinajstić information content (AvgIpc) is 2.26. The molecule has 0 spiro atoms. The smallest absolute Gasteiger partial charge is 0.0897 e. The van der Waals surface area contributed by atoms with Crippen molar-refractivity contribution in [1.29, 1.82) is 0 Å². The van der Waals surface area contributed by atoms with Crippen LogP contribution in [-0.4, -0.2) is 61.4 Å². The van der Waals surface area contributed by atoms with Crippen molar-refractivity contribution in [2.75, 3.05) is 39.6 Å². The fraction of sp³-hybridized carbons (Fsp3) is 1.00. The summed E-state index contributed by atoms with van der Waals surface area (Å²) in [4.78, 5) is 0. The first-order valence-corrected chi connectivity index (χ1v) is 5.71. The van der Waals surface area contributed by atoms with Crippen LogP contribution in [0, 0.1) is 0 Å². The van der Waals surface area contributed by atoms with Gasteiger partial charge in [-0.25, -0.2) is 0 Å². The molecule has 1 atom stereocenters. The minimum Gasteiger partial charge on any atom is -0.394 e. The highest BCUT2D eigenvalue weighted by Crippen LogP contribution is 1.99. The monoisotopic (exact) mass is 235 g/mol. The Morgan fingerprint density at radius 3 is 2.44 bits per heavy atom. The minimum absolute atomic E-state index is 0.0327. The van der Waals surface area contributed by atoms with Crippen molar-refractivity contribution in [1.82, 2.24) is 5.32 Å². The molecule has 5 nitrogen and oxygen atoms in total. The van der Waals surface area contributed by atoms with Crippen LogP contribution in [0.15, 0.2) is 0 Å². The third-order valence-corrected chi connectivity index (χ3v) is 2.10. The number of rotatable bonds is 10. The van der Waals surface area contributed by atoms with E-state index in [0.29, 0.717) is 26.4 Å². The summed E-state index contributed by atoms with van der Waals surface area (Å²) in [5.41, 5.74) is -0.369. The Kier molecular flexibility index (Phi) is 8.78. The van der Waals surface area contributed by atoms with Gasteiger partial charge in [0, 0.05) is 18.7 Å². The second kappa shape index (κ2) is 8.90. The maximum absolute atomic E-state index is 9.55. The van der Waals surface area contributed by atoms with E-state index in [4.69, 9.17) is 14.6 Å². The van der Waals surface area contributed by atoms with E-state index in [0.717, 1.165) is 0 Å². The average molecular weight is 235 g/mol. The zero-order chi connectivity index (χ0) is 12.4. The van der Waals surface area contributed by atoms with Crippen LogP contribution < -0.4 is 5.32 Å². The molecule has 0 saturated carbocycles. The highest BCUT2D eigenvalue weighted by molar-refractivity contribution is 4.77. The van der Waals surface area contributed by atoms with E-state index in [9.17, 15) is 5.11 Å². The predicted molar refractivity (Wildman–Crippen MR) is 62.5 cm³/mol. The second-order valence-electron chi connectivity index (χ2n) is 4.35.